The van der Waals surface area contributed by atoms with Gasteiger partial charge in [-0.25, -0.2) is 0 Å². The van der Waals surface area contributed by atoms with Gasteiger partial charge in [-0.15, -0.1) is 0 Å². The highest BCUT2D eigenvalue weighted by atomic mass is 32.2. The molecule has 92 valence electrons. The molecule has 0 aromatic heterocycles. The molecule has 0 amide bonds. The van der Waals surface area contributed by atoms with E-state index in [1.807, 2.05) is 6.08 Å². The van der Waals surface area contributed by atoms with E-state index in [9.17, 15) is 21.6 Å². The highest BCUT2D eigenvalue weighted by Gasteiger charge is 2.48. The van der Waals surface area contributed by atoms with Crippen molar-refractivity contribution >= 4 is 10.1 Å². The molecule has 2 rings (SSSR count). The number of rotatable bonds is 2. The third-order valence-corrected chi connectivity index (χ3v) is 3.20. The van der Waals surface area contributed by atoms with Gasteiger partial charge >= 0.3 is 15.6 Å². The van der Waals surface area contributed by atoms with Gasteiger partial charge < -0.3 is 4.18 Å². The second kappa shape index (κ2) is 3.76. The van der Waals surface area contributed by atoms with Gasteiger partial charge in [0.2, 0.25) is 0 Å². The average molecular weight is 264 g/mol. The zero-order chi connectivity index (χ0) is 12.7. The van der Waals surface area contributed by atoms with Crippen LogP contribution in [0.4, 0.5) is 13.2 Å². The second-order valence-electron chi connectivity index (χ2n) is 3.45. The topological polar surface area (TPSA) is 43.4 Å². The zero-order valence-corrected chi connectivity index (χ0v) is 9.18. The van der Waals surface area contributed by atoms with Gasteiger partial charge in [0.25, 0.3) is 0 Å². The minimum absolute atomic E-state index is 0.313. The fourth-order valence-corrected chi connectivity index (χ4v) is 1.91. The van der Waals surface area contributed by atoms with Crippen LogP contribution in [-0.2, 0) is 14.3 Å². The van der Waals surface area contributed by atoms with E-state index in [2.05, 4.69) is 4.18 Å². The summed E-state index contributed by atoms with van der Waals surface area (Å²) in [5, 5.41) is 0. The Morgan fingerprint density at radius 1 is 1.24 bits per heavy atom. The Labute approximate surface area is 95.7 Å². The number of halogens is 3. The lowest BCUT2D eigenvalue weighted by Crippen LogP contribution is -2.24. The quantitative estimate of drug-likeness (QED) is 0.568. The van der Waals surface area contributed by atoms with Crippen LogP contribution in [-0.4, -0.2) is 13.9 Å². The molecule has 0 spiro atoms. The summed E-state index contributed by atoms with van der Waals surface area (Å²) in [7, 11) is -5.58. The van der Waals surface area contributed by atoms with E-state index >= 15 is 0 Å². The van der Waals surface area contributed by atoms with E-state index in [0.29, 0.717) is 12.0 Å². The van der Waals surface area contributed by atoms with Crippen LogP contribution < -0.4 is 0 Å². The van der Waals surface area contributed by atoms with Crippen LogP contribution in [0.1, 0.15) is 6.42 Å². The van der Waals surface area contributed by atoms with Crippen LogP contribution in [0.5, 0.6) is 0 Å². The fourth-order valence-electron chi connectivity index (χ4n) is 1.46. The van der Waals surface area contributed by atoms with Crippen LogP contribution in [0.2, 0.25) is 0 Å². The molecule has 7 heteroatoms. The lowest BCUT2D eigenvalue weighted by Gasteiger charge is -2.08. The van der Waals surface area contributed by atoms with Gasteiger partial charge in [0.1, 0.15) is 5.76 Å². The SMILES string of the molecule is O=S(=O)(OC1=CC2=CC=CCC2=C1)C(F)(F)F. The first kappa shape index (κ1) is 12.0. The molecular weight excluding hydrogens is 257 g/mol. The molecular formula is C10H7F3O3S. The fraction of sp³-hybridized carbons (Fsp3) is 0.200. The molecule has 0 aromatic rings. The predicted molar refractivity (Wildman–Crippen MR) is 54.1 cm³/mol. The molecule has 0 saturated heterocycles. The summed E-state index contributed by atoms with van der Waals surface area (Å²) in [6.45, 7) is 0. The summed E-state index contributed by atoms with van der Waals surface area (Å²) in [6, 6.07) is 0. The predicted octanol–water partition coefficient (Wildman–Crippen LogP) is 2.56. The Morgan fingerprint density at radius 2 is 1.94 bits per heavy atom. The normalized spacial score (nSPS) is 19.4. The highest BCUT2D eigenvalue weighted by molar-refractivity contribution is 7.87. The summed E-state index contributed by atoms with van der Waals surface area (Å²) in [4.78, 5) is 0. The Balaban J connectivity index is 2.22. The zero-order valence-electron chi connectivity index (χ0n) is 8.36. The van der Waals surface area contributed by atoms with Crippen molar-refractivity contribution in [2.45, 2.75) is 11.9 Å². The van der Waals surface area contributed by atoms with Gasteiger partial charge in [-0.2, -0.15) is 21.6 Å². The first-order valence-corrected chi connectivity index (χ1v) is 6.01. The van der Waals surface area contributed by atoms with Crippen LogP contribution in [0.3, 0.4) is 0 Å². The molecule has 17 heavy (non-hydrogen) atoms. The van der Waals surface area contributed by atoms with Gasteiger partial charge in [-0.3, -0.25) is 0 Å². The maximum atomic E-state index is 12.1. The van der Waals surface area contributed by atoms with E-state index < -0.39 is 15.6 Å². The van der Waals surface area contributed by atoms with Crippen molar-refractivity contribution in [3.8, 4) is 0 Å². The monoisotopic (exact) mass is 264 g/mol. The molecule has 0 fully saturated rings. The summed E-state index contributed by atoms with van der Waals surface area (Å²) in [5.74, 6) is -0.313. The smallest absolute Gasteiger partial charge is 0.376 e. The van der Waals surface area contributed by atoms with Crippen LogP contribution in [0.15, 0.2) is 47.3 Å². The molecule has 2 aliphatic carbocycles. The molecule has 0 radical (unpaired) electrons. The third-order valence-electron chi connectivity index (χ3n) is 2.22. The van der Waals surface area contributed by atoms with Gasteiger partial charge in [0, 0.05) is 0 Å². The lowest BCUT2D eigenvalue weighted by molar-refractivity contribution is -0.0519. The van der Waals surface area contributed by atoms with Crippen LogP contribution >= 0.6 is 0 Å². The van der Waals surface area contributed by atoms with E-state index in [4.69, 9.17) is 0 Å². The lowest BCUT2D eigenvalue weighted by atomic mass is 10.0. The second-order valence-corrected chi connectivity index (χ2v) is 4.99. The third kappa shape index (κ3) is 2.28. The number of alkyl halides is 3. The van der Waals surface area contributed by atoms with E-state index in [1.54, 1.807) is 12.2 Å². The highest BCUT2D eigenvalue weighted by Crippen LogP contribution is 2.33. The minimum Gasteiger partial charge on any atom is -0.376 e. The number of allylic oxidation sites excluding steroid dienone is 7. The maximum absolute atomic E-state index is 12.1. The van der Waals surface area contributed by atoms with Gasteiger partial charge in [0.15, 0.2) is 0 Å². The van der Waals surface area contributed by atoms with Crippen molar-refractivity contribution in [2.75, 3.05) is 0 Å². The van der Waals surface area contributed by atoms with Crippen LogP contribution in [0.25, 0.3) is 0 Å². The molecule has 0 unspecified atom stereocenters. The van der Waals surface area contributed by atoms with Crippen molar-refractivity contribution < 1.29 is 25.8 Å². The number of fused-ring (bicyclic) bond motifs is 1. The van der Waals surface area contributed by atoms with E-state index in [-0.39, 0.29) is 5.76 Å². The van der Waals surface area contributed by atoms with Gasteiger partial charge in [-0.05, 0) is 29.7 Å². The van der Waals surface area contributed by atoms with Gasteiger partial charge in [0.05, 0.1) is 0 Å². The molecule has 0 saturated carbocycles. The van der Waals surface area contributed by atoms with E-state index in [0.717, 1.165) is 5.57 Å². The standard InChI is InChI=1S/C10H7F3O3S/c11-10(12,13)17(14,15)16-9-5-7-3-1-2-4-8(7)6-9/h1-3,5-6H,4H2. The Bertz CT molecular complexity index is 562. The van der Waals surface area contributed by atoms with Crippen LogP contribution in [0, 0.1) is 0 Å². The molecule has 0 atom stereocenters. The van der Waals surface area contributed by atoms with Crippen molar-refractivity contribution in [1.29, 1.82) is 0 Å². The molecule has 0 aliphatic heterocycles. The summed E-state index contributed by atoms with van der Waals surface area (Å²) in [6.07, 6.45) is 8.32. The van der Waals surface area contributed by atoms with E-state index in [1.165, 1.54) is 12.2 Å². The first-order chi connectivity index (χ1) is 7.79. The molecule has 0 bridgehead atoms. The van der Waals surface area contributed by atoms with Gasteiger partial charge in [-0.1, -0.05) is 18.2 Å². The minimum atomic E-state index is -5.58. The Hall–Kier alpha value is -1.50. The van der Waals surface area contributed by atoms with Crippen molar-refractivity contribution in [3.63, 3.8) is 0 Å². The summed E-state index contributed by atoms with van der Waals surface area (Å²) >= 11 is 0. The largest absolute Gasteiger partial charge is 0.534 e. The first-order valence-electron chi connectivity index (χ1n) is 4.60. The number of hydrogen-bond acceptors (Lipinski definition) is 3. The van der Waals surface area contributed by atoms with Crippen molar-refractivity contribution in [3.05, 3.63) is 47.3 Å². The summed E-state index contributed by atoms with van der Waals surface area (Å²) < 4.78 is 61.7. The Morgan fingerprint density at radius 3 is 2.53 bits per heavy atom. The molecule has 2 aliphatic rings. The molecule has 3 nitrogen and oxygen atoms in total. The van der Waals surface area contributed by atoms with Crippen molar-refractivity contribution in [1.82, 2.24) is 0 Å². The molecule has 0 heterocycles. The molecule has 0 aromatic carbocycles. The Kier molecular flexibility index (Phi) is 2.65. The van der Waals surface area contributed by atoms with Crippen molar-refractivity contribution in [2.24, 2.45) is 0 Å². The summed E-state index contributed by atoms with van der Waals surface area (Å²) in [5.41, 5.74) is -4.01. The maximum Gasteiger partial charge on any atom is 0.534 e. The number of hydrogen-bond donors (Lipinski definition) is 0. The molecule has 0 N–H and O–H groups in total. The average Bonchev–Trinajstić information content (AvgIpc) is 2.56.